The van der Waals surface area contributed by atoms with Crippen molar-refractivity contribution < 1.29 is 38.1 Å². The topological polar surface area (TPSA) is 151 Å². The molecule has 3 N–H and O–H groups in total. The Morgan fingerprint density at radius 3 is 2.22 bits per heavy atom. The minimum absolute atomic E-state index is 0.0308. The number of hydrogen-bond acceptors (Lipinski definition) is 9. The van der Waals surface area contributed by atoms with Crippen LogP contribution in [0.5, 0.6) is 17.2 Å². The fraction of sp³-hybridized carbons (Fsp3) is 0.463. The third-order valence-electron chi connectivity index (χ3n) is 8.75. The zero-order valence-electron chi connectivity index (χ0n) is 33.2. The number of urea groups is 1. The van der Waals surface area contributed by atoms with E-state index in [0.29, 0.717) is 65.9 Å². The van der Waals surface area contributed by atoms with Gasteiger partial charge in [-0.15, -0.1) is 0 Å². The molecule has 1 fully saturated rings. The van der Waals surface area contributed by atoms with Crippen molar-refractivity contribution in [2.45, 2.75) is 52.6 Å². The van der Waals surface area contributed by atoms with Crippen LogP contribution in [0.3, 0.4) is 0 Å². The van der Waals surface area contributed by atoms with Gasteiger partial charge in [0.1, 0.15) is 22.8 Å². The van der Waals surface area contributed by atoms with E-state index in [1.165, 1.54) is 12.0 Å². The number of benzene rings is 3. The van der Waals surface area contributed by atoms with Crippen molar-refractivity contribution in [3.05, 3.63) is 77.4 Å². The number of para-hydroxylation sites is 1. The van der Waals surface area contributed by atoms with Gasteiger partial charge in [0.15, 0.2) is 0 Å². The van der Waals surface area contributed by atoms with Crippen molar-refractivity contribution in [2.24, 2.45) is 0 Å². The zero-order valence-corrected chi connectivity index (χ0v) is 33.2. The number of carbonyl (C=O) groups excluding carboxylic acids is 4. The Labute approximate surface area is 324 Å². The van der Waals surface area contributed by atoms with Crippen LogP contribution in [-0.2, 0) is 4.74 Å². The molecule has 1 heterocycles. The second kappa shape index (κ2) is 20.3. The van der Waals surface area contributed by atoms with Gasteiger partial charge in [0.25, 0.3) is 11.8 Å². The molecule has 0 bridgehead atoms. The number of nitrogens with one attached hydrogen (secondary N) is 3. The molecule has 5 amide bonds. The van der Waals surface area contributed by atoms with E-state index in [1.807, 2.05) is 30.0 Å². The first-order valence-electron chi connectivity index (χ1n) is 18.7. The molecule has 0 radical (unpaired) electrons. The summed E-state index contributed by atoms with van der Waals surface area (Å²) in [4.78, 5) is 57.1. The summed E-state index contributed by atoms with van der Waals surface area (Å²) >= 11 is 0. The molecular weight excluding hydrogens is 704 g/mol. The lowest BCUT2D eigenvalue weighted by molar-refractivity contribution is 0.0525. The fourth-order valence-electron chi connectivity index (χ4n) is 5.70. The highest BCUT2D eigenvalue weighted by molar-refractivity contribution is 6.09. The van der Waals surface area contributed by atoms with Gasteiger partial charge in [-0.25, -0.2) is 9.59 Å². The van der Waals surface area contributed by atoms with Gasteiger partial charge in [0.05, 0.1) is 37.3 Å². The van der Waals surface area contributed by atoms with Gasteiger partial charge in [0.2, 0.25) is 0 Å². The highest BCUT2D eigenvalue weighted by Crippen LogP contribution is 2.32. The predicted octanol–water partition coefficient (Wildman–Crippen LogP) is 5.94. The molecule has 14 nitrogen and oxygen atoms in total. The van der Waals surface area contributed by atoms with Crippen LogP contribution in [0.25, 0.3) is 0 Å². The largest absolute Gasteiger partial charge is 0.495 e. The van der Waals surface area contributed by atoms with Crippen LogP contribution in [0.2, 0.25) is 0 Å². The van der Waals surface area contributed by atoms with E-state index < -0.39 is 17.6 Å². The monoisotopic (exact) mass is 760 g/mol. The zero-order chi connectivity index (χ0) is 40.0. The highest BCUT2D eigenvalue weighted by atomic mass is 16.6. The van der Waals surface area contributed by atoms with E-state index in [4.69, 9.17) is 18.9 Å². The number of hydrogen-bond donors (Lipinski definition) is 3. The molecule has 1 aliphatic heterocycles. The summed E-state index contributed by atoms with van der Waals surface area (Å²) in [6.45, 7) is 12.1. The second-order valence-corrected chi connectivity index (χ2v) is 14.4. The molecule has 4 rings (SSSR count). The van der Waals surface area contributed by atoms with Gasteiger partial charge in [0, 0.05) is 51.9 Å². The molecule has 298 valence electrons. The van der Waals surface area contributed by atoms with Crippen molar-refractivity contribution in [1.29, 1.82) is 0 Å². The van der Waals surface area contributed by atoms with E-state index in [9.17, 15) is 19.2 Å². The van der Waals surface area contributed by atoms with Crippen LogP contribution in [0.15, 0.2) is 60.7 Å². The van der Waals surface area contributed by atoms with Crippen molar-refractivity contribution in [3.8, 4) is 17.2 Å². The number of methoxy groups -OCH3 is 1. The van der Waals surface area contributed by atoms with Crippen molar-refractivity contribution >= 4 is 35.3 Å². The fourth-order valence-corrected chi connectivity index (χ4v) is 5.70. The summed E-state index contributed by atoms with van der Waals surface area (Å²) in [6.07, 6.45) is 1.48. The van der Waals surface area contributed by atoms with Crippen LogP contribution >= 0.6 is 0 Å². The third kappa shape index (κ3) is 13.1. The Morgan fingerprint density at radius 1 is 0.800 bits per heavy atom. The smallest absolute Gasteiger partial charge is 0.407 e. The van der Waals surface area contributed by atoms with Crippen molar-refractivity contribution in [1.82, 2.24) is 20.4 Å². The average Bonchev–Trinajstić information content (AvgIpc) is 3.15. The van der Waals surface area contributed by atoms with Gasteiger partial charge >= 0.3 is 12.1 Å². The number of unbranched alkanes of at least 4 members (excludes halogenated alkanes) is 1. The minimum atomic E-state index is -0.586. The Bertz CT molecular complexity index is 1770. The molecule has 0 atom stereocenters. The maximum Gasteiger partial charge on any atom is 0.407 e. The summed E-state index contributed by atoms with van der Waals surface area (Å²) in [7, 11) is 5.20. The number of nitrogens with zero attached hydrogens (tertiary/aromatic N) is 3. The summed E-state index contributed by atoms with van der Waals surface area (Å²) < 4.78 is 22.9. The van der Waals surface area contributed by atoms with Gasteiger partial charge < -0.3 is 49.6 Å². The molecule has 3 aromatic carbocycles. The standard InChI is InChI=1S/C41H56N6O8/c1-29-15-18-33(36(27-29)54-25-11-10-19-42-39(50)47-23-21-45(5)22-24-47)46(6)38(49)30-16-17-32(35(28-30)52-7)44-37(48)31-13-8-9-14-34(31)53-26-12-20-43-40(51)55-41(2,3)4/h8-9,13-18,27-28H,10-12,19-26H2,1-7H3,(H,42,50)(H,43,51)(H,44,48). The number of amides is 5. The number of aryl methyl sites for hydroxylation is 1. The minimum Gasteiger partial charge on any atom is -0.495 e. The van der Waals surface area contributed by atoms with Crippen LogP contribution in [-0.4, -0.2) is 113 Å². The first-order chi connectivity index (χ1) is 26.3. The maximum atomic E-state index is 13.8. The lowest BCUT2D eigenvalue weighted by atomic mass is 10.1. The molecule has 3 aromatic rings. The number of rotatable bonds is 16. The number of piperazine rings is 1. The van der Waals surface area contributed by atoms with Crippen molar-refractivity contribution in [3.63, 3.8) is 0 Å². The van der Waals surface area contributed by atoms with Crippen LogP contribution in [0.1, 0.15) is 66.3 Å². The highest BCUT2D eigenvalue weighted by Gasteiger charge is 2.22. The van der Waals surface area contributed by atoms with E-state index in [2.05, 4.69) is 27.9 Å². The molecule has 1 saturated heterocycles. The summed E-state index contributed by atoms with van der Waals surface area (Å²) in [5, 5.41) is 8.56. The normalized spacial score (nSPS) is 13.0. The first-order valence-corrected chi connectivity index (χ1v) is 18.7. The van der Waals surface area contributed by atoms with Crippen LogP contribution < -0.4 is 35.1 Å². The Hall–Kier alpha value is -5.50. The number of anilines is 2. The van der Waals surface area contributed by atoms with Crippen molar-refractivity contribution in [2.75, 3.05) is 83.9 Å². The van der Waals surface area contributed by atoms with Gasteiger partial charge in [-0.3, -0.25) is 9.59 Å². The molecule has 0 spiro atoms. The quantitative estimate of drug-likeness (QED) is 0.151. The molecule has 14 heteroatoms. The Morgan fingerprint density at radius 2 is 1.49 bits per heavy atom. The lowest BCUT2D eigenvalue weighted by Gasteiger charge is -2.32. The van der Waals surface area contributed by atoms with Crippen LogP contribution in [0, 0.1) is 6.92 Å². The Kier molecular flexibility index (Phi) is 15.6. The lowest BCUT2D eigenvalue weighted by Crippen LogP contribution is -2.50. The van der Waals surface area contributed by atoms with Gasteiger partial charge in [-0.1, -0.05) is 18.2 Å². The summed E-state index contributed by atoms with van der Waals surface area (Å²) in [5.74, 6) is 0.550. The first kappa shape index (κ1) is 42.2. The van der Waals surface area contributed by atoms with Gasteiger partial charge in [-0.05, 0) is 102 Å². The molecule has 1 aliphatic rings. The SMILES string of the molecule is COc1cc(C(=O)N(C)c2ccc(C)cc2OCCCCNC(=O)N2CCN(C)CC2)ccc1NC(=O)c1ccccc1OCCCNC(=O)OC(C)(C)C. The maximum absolute atomic E-state index is 13.8. The summed E-state index contributed by atoms with van der Waals surface area (Å²) in [6, 6.07) is 17.3. The van der Waals surface area contributed by atoms with E-state index in [1.54, 1.807) is 70.3 Å². The summed E-state index contributed by atoms with van der Waals surface area (Å²) in [5.41, 5.74) is 2.05. The number of carbonyl (C=O) groups is 4. The molecule has 55 heavy (non-hydrogen) atoms. The van der Waals surface area contributed by atoms with Crippen LogP contribution in [0.4, 0.5) is 21.0 Å². The van der Waals surface area contributed by atoms with Gasteiger partial charge in [-0.2, -0.15) is 0 Å². The molecule has 0 aliphatic carbocycles. The Balaban J connectivity index is 1.31. The predicted molar refractivity (Wildman–Crippen MR) is 213 cm³/mol. The second-order valence-electron chi connectivity index (χ2n) is 14.4. The molecular formula is C41H56N6O8. The number of alkyl carbamates (subject to hydrolysis) is 1. The molecule has 0 unspecified atom stereocenters. The molecule has 0 aromatic heterocycles. The average molecular weight is 761 g/mol. The van der Waals surface area contributed by atoms with E-state index in [-0.39, 0.29) is 18.5 Å². The number of ether oxygens (including phenoxy) is 4. The van der Waals surface area contributed by atoms with E-state index in [0.717, 1.165) is 44.6 Å². The molecule has 0 saturated carbocycles. The van der Waals surface area contributed by atoms with E-state index >= 15 is 0 Å². The third-order valence-corrected chi connectivity index (χ3v) is 8.75. The number of likely N-dealkylation sites (N-methyl/N-ethyl adjacent to an activating group) is 1.